The molecule has 4 aliphatic rings. The fourth-order valence-electron chi connectivity index (χ4n) is 5.43. The number of allylic oxidation sites excluding steroid dienone is 2. The van der Waals surface area contributed by atoms with E-state index in [2.05, 4.69) is 12.2 Å². The molecule has 0 N–H and O–H groups in total. The van der Waals surface area contributed by atoms with Gasteiger partial charge in [-0.3, -0.25) is 9.59 Å². The highest BCUT2D eigenvalue weighted by Gasteiger charge is 2.73. The number of rotatable bonds is 3. The van der Waals surface area contributed by atoms with Gasteiger partial charge >= 0.3 is 5.97 Å². The van der Waals surface area contributed by atoms with Gasteiger partial charge in [0.05, 0.1) is 29.2 Å². The van der Waals surface area contributed by atoms with Crippen LogP contribution in [0.1, 0.15) is 37.0 Å². The van der Waals surface area contributed by atoms with Gasteiger partial charge in [0.15, 0.2) is 0 Å². The van der Waals surface area contributed by atoms with E-state index in [0.717, 1.165) is 12.8 Å². The van der Waals surface area contributed by atoms with Gasteiger partial charge in [-0.15, -0.1) is 0 Å². The lowest BCUT2D eigenvalue weighted by atomic mass is 9.85. The van der Waals surface area contributed by atoms with E-state index in [-0.39, 0.29) is 52.6 Å². The Bertz CT molecular complexity index is 833. The minimum Gasteiger partial charge on any atom is -0.459 e. The van der Waals surface area contributed by atoms with Gasteiger partial charge in [0, 0.05) is 0 Å². The quantitative estimate of drug-likeness (QED) is 0.477. The lowest BCUT2D eigenvalue weighted by Gasteiger charge is -2.23. The molecular weight excluding hydrogens is 330 g/mol. The number of amides is 2. The molecule has 5 nitrogen and oxygen atoms in total. The van der Waals surface area contributed by atoms with E-state index in [9.17, 15) is 14.4 Å². The largest absolute Gasteiger partial charge is 0.459 e. The fraction of sp³-hybridized carbons (Fsp3) is 0.476. The summed E-state index contributed by atoms with van der Waals surface area (Å²) in [5, 5.41) is 0. The van der Waals surface area contributed by atoms with E-state index in [1.807, 2.05) is 0 Å². The van der Waals surface area contributed by atoms with Gasteiger partial charge in [0.2, 0.25) is 11.8 Å². The molecule has 0 aromatic heterocycles. The fourth-order valence-corrected chi connectivity index (χ4v) is 5.43. The van der Waals surface area contributed by atoms with E-state index >= 15 is 0 Å². The van der Waals surface area contributed by atoms with E-state index in [1.165, 1.54) is 4.90 Å². The summed E-state index contributed by atoms with van der Waals surface area (Å²) in [6.07, 6.45) is 6.24. The first-order valence-electron chi connectivity index (χ1n) is 9.32. The summed E-state index contributed by atoms with van der Waals surface area (Å²) < 4.78 is 5.30. The van der Waals surface area contributed by atoms with E-state index in [1.54, 1.807) is 38.1 Å². The van der Waals surface area contributed by atoms with Crippen LogP contribution in [0.4, 0.5) is 5.69 Å². The molecule has 0 unspecified atom stereocenters. The lowest BCUT2D eigenvalue weighted by molar-refractivity contribution is -0.123. The van der Waals surface area contributed by atoms with Crippen molar-refractivity contribution in [3.8, 4) is 0 Å². The molecule has 1 saturated heterocycles. The predicted octanol–water partition coefficient (Wildman–Crippen LogP) is 2.95. The highest BCUT2D eigenvalue weighted by molar-refractivity contribution is 6.24. The molecule has 3 aliphatic carbocycles. The third-order valence-electron chi connectivity index (χ3n) is 6.56. The van der Waals surface area contributed by atoms with Crippen molar-refractivity contribution in [2.75, 3.05) is 4.90 Å². The number of esters is 1. The van der Waals surface area contributed by atoms with E-state index < -0.39 is 5.97 Å². The van der Waals surface area contributed by atoms with Crippen LogP contribution in [0.15, 0.2) is 36.4 Å². The number of para-hydroxylation sites is 1. The number of carbonyl (C=O) groups excluding carboxylic acids is 3. The van der Waals surface area contributed by atoms with Crippen molar-refractivity contribution < 1.29 is 19.1 Å². The molecule has 1 aromatic carbocycles. The van der Waals surface area contributed by atoms with Crippen LogP contribution >= 0.6 is 0 Å². The monoisotopic (exact) mass is 351 g/mol. The molecule has 2 bridgehead atoms. The van der Waals surface area contributed by atoms with E-state index in [0.29, 0.717) is 5.69 Å². The maximum Gasteiger partial charge on any atom is 0.340 e. The zero-order valence-corrected chi connectivity index (χ0v) is 14.8. The highest BCUT2D eigenvalue weighted by atomic mass is 16.5. The van der Waals surface area contributed by atoms with Gasteiger partial charge in [-0.2, -0.15) is 0 Å². The first-order valence-corrected chi connectivity index (χ1v) is 9.32. The van der Waals surface area contributed by atoms with Gasteiger partial charge in [-0.1, -0.05) is 24.3 Å². The van der Waals surface area contributed by atoms with Gasteiger partial charge < -0.3 is 4.74 Å². The van der Waals surface area contributed by atoms with Gasteiger partial charge in [-0.05, 0) is 56.1 Å². The minimum absolute atomic E-state index is 0.159. The Hall–Kier alpha value is -2.43. The zero-order chi connectivity index (χ0) is 18.2. The van der Waals surface area contributed by atoms with Crippen LogP contribution in [0, 0.1) is 29.1 Å². The second-order valence-electron chi connectivity index (χ2n) is 8.20. The Labute approximate surface area is 152 Å². The SMILES string of the molecule is CC(C)OC(=O)c1ccccc1N1C(=O)[C@H]2[C@H](C1=O)[C@H]1C=C[C@H]2C12CC2. The van der Waals surface area contributed by atoms with E-state index in [4.69, 9.17) is 4.74 Å². The van der Waals surface area contributed by atoms with Crippen molar-refractivity contribution in [3.05, 3.63) is 42.0 Å². The Morgan fingerprint density at radius 3 is 2.19 bits per heavy atom. The standard InChI is InChI=1S/C21H21NO4/c1-11(2)26-20(25)12-5-3-4-6-15(12)22-18(23)16-13-7-8-14(17(16)19(22)24)21(13)9-10-21/h3-8,11,13-14,16-17H,9-10H2,1-2H3/t13-,14-,16-,17-/m1/s1. The van der Waals surface area contributed by atoms with Crippen LogP contribution in [0.3, 0.4) is 0 Å². The Balaban J connectivity index is 1.53. The normalized spacial score (nSPS) is 32.7. The van der Waals surface area contributed by atoms with Crippen molar-refractivity contribution in [2.45, 2.75) is 32.8 Å². The summed E-state index contributed by atoms with van der Waals surface area (Å²) in [7, 11) is 0. The van der Waals surface area contributed by atoms with Crippen LogP contribution in [0.25, 0.3) is 0 Å². The van der Waals surface area contributed by atoms with Crippen LogP contribution in [0.5, 0.6) is 0 Å². The number of carbonyl (C=O) groups is 3. The highest BCUT2D eigenvalue weighted by Crippen LogP contribution is 2.73. The smallest absolute Gasteiger partial charge is 0.340 e. The summed E-state index contributed by atoms with van der Waals surface area (Å²) in [6.45, 7) is 3.55. The van der Waals surface area contributed by atoms with Crippen molar-refractivity contribution in [1.29, 1.82) is 0 Å². The third kappa shape index (κ3) is 1.83. The van der Waals surface area contributed by atoms with Crippen molar-refractivity contribution in [1.82, 2.24) is 0 Å². The second-order valence-corrected chi connectivity index (χ2v) is 8.20. The Morgan fingerprint density at radius 2 is 1.65 bits per heavy atom. The van der Waals surface area contributed by atoms with Crippen LogP contribution in [-0.2, 0) is 14.3 Å². The molecule has 5 heteroatoms. The zero-order valence-electron chi connectivity index (χ0n) is 14.8. The molecule has 1 aromatic rings. The summed E-state index contributed by atoms with van der Waals surface area (Å²) >= 11 is 0. The first kappa shape index (κ1) is 15.8. The molecule has 2 amide bonds. The predicted molar refractivity (Wildman–Crippen MR) is 94.3 cm³/mol. The Kier molecular flexibility index (Phi) is 3.07. The molecule has 1 spiro atoms. The Morgan fingerprint density at radius 1 is 1.08 bits per heavy atom. The maximum atomic E-state index is 13.2. The van der Waals surface area contributed by atoms with Gasteiger partial charge in [-0.25, -0.2) is 9.69 Å². The number of benzene rings is 1. The number of imide groups is 1. The van der Waals surface area contributed by atoms with Crippen LogP contribution in [0.2, 0.25) is 0 Å². The number of fused-ring (bicyclic) bond motifs is 3. The van der Waals surface area contributed by atoms with Crippen molar-refractivity contribution >= 4 is 23.5 Å². The topological polar surface area (TPSA) is 63.7 Å². The molecule has 26 heavy (non-hydrogen) atoms. The molecule has 134 valence electrons. The van der Waals surface area contributed by atoms with Gasteiger partial charge in [0.1, 0.15) is 0 Å². The second kappa shape index (κ2) is 5.06. The number of hydrogen-bond donors (Lipinski definition) is 0. The molecule has 1 heterocycles. The summed E-state index contributed by atoms with van der Waals surface area (Å²) in [4.78, 5) is 40.1. The van der Waals surface area contributed by atoms with Crippen molar-refractivity contribution in [2.24, 2.45) is 29.1 Å². The first-order chi connectivity index (χ1) is 12.5. The average Bonchev–Trinajstić information content (AvgIpc) is 3.19. The summed E-state index contributed by atoms with van der Waals surface area (Å²) in [6, 6.07) is 6.74. The van der Waals surface area contributed by atoms with Gasteiger partial charge in [0.25, 0.3) is 0 Å². The number of ether oxygens (including phenoxy) is 1. The molecule has 1 aliphatic heterocycles. The molecule has 4 atom stereocenters. The third-order valence-corrected chi connectivity index (χ3v) is 6.56. The molecular formula is C21H21NO4. The summed E-state index contributed by atoms with van der Waals surface area (Å²) in [5.41, 5.74) is 0.791. The van der Waals surface area contributed by atoms with Crippen LogP contribution in [-0.4, -0.2) is 23.9 Å². The average molecular weight is 351 g/mol. The number of anilines is 1. The molecule has 5 rings (SSSR count). The molecule has 3 fully saturated rings. The molecule has 0 radical (unpaired) electrons. The lowest BCUT2D eigenvalue weighted by Crippen LogP contribution is -2.36. The van der Waals surface area contributed by atoms with Crippen molar-refractivity contribution in [3.63, 3.8) is 0 Å². The number of hydrogen-bond acceptors (Lipinski definition) is 4. The maximum absolute atomic E-state index is 13.2. The summed E-state index contributed by atoms with van der Waals surface area (Å²) in [5.74, 6) is -1.01. The molecule has 2 saturated carbocycles. The van der Waals surface area contributed by atoms with Crippen LogP contribution < -0.4 is 4.90 Å². The number of nitrogens with zero attached hydrogens (tertiary/aromatic N) is 1. The minimum atomic E-state index is -0.506.